The Morgan fingerprint density at radius 1 is 1.31 bits per heavy atom. The molecule has 0 radical (unpaired) electrons. The van der Waals surface area contributed by atoms with Crippen LogP contribution >= 0.6 is 0 Å². The molecule has 1 saturated heterocycles. The third-order valence-corrected chi connectivity index (χ3v) is 4.64. The topological polar surface area (TPSA) is 85.0 Å². The fourth-order valence-corrected chi connectivity index (χ4v) is 3.40. The summed E-state index contributed by atoms with van der Waals surface area (Å²) in [7, 11) is 0. The fourth-order valence-electron chi connectivity index (χ4n) is 3.40. The summed E-state index contributed by atoms with van der Waals surface area (Å²) in [5, 5.41) is 3.96. The van der Waals surface area contributed by atoms with Crippen LogP contribution in [0.2, 0.25) is 0 Å². The second kappa shape index (κ2) is 7.03. The molecule has 0 aliphatic carbocycles. The van der Waals surface area contributed by atoms with Gasteiger partial charge in [0, 0.05) is 43.7 Å². The van der Waals surface area contributed by atoms with Gasteiger partial charge in [0.2, 0.25) is 0 Å². The molecule has 1 aliphatic rings. The Kier molecular flexibility index (Phi) is 4.43. The highest BCUT2D eigenvalue weighted by Crippen LogP contribution is 2.33. The quantitative estimate of drug-likeness (QED) is 0.723. The number of hydrogen-bond acceptors (Lipinski definition) is 6. The van der Waals surface area contributed by atoms with Gasteiger partial charge in [-0.2, -0.15) is 0 Å². The van der Waals surface area contributed by atoms with Crippen LogP contribution in [-0.4, -0.2) is 44.0 Å². The van der Waals surface area contributed by atoms with Crippen molar-refractivity contribution in [2.45, 2.75) is 25.7 Å². The first-order valence-electron chi connectivity index (χ1n) is 8.65. The Morgan fingerprint density at radius 2 is 2.23 bits per heavy atom. The molecule has 3 aromatic heterocycles. The zero-order valence-electron chi connectivity index (χ0n) is 14.5. The van der Waals surface area contributed by atoms with Crippen LogP contribution < -0.4 is 0 Å². The van der Waals surface area contributed by atoms with Crippen LogP contribution in [0.25, 0.3) is 11.3 Å². The van der Waals surface area contributed by atoms with E-state index in [1.807, 2.05) is 17.9 Å². The van der Waals surface area contributed by atoms with Crippen molar-refractivity contribution in [2.75, 3.05) is 13.1 Å². The molecule has 1 amide bonds. The van der Waals surface area contributed by atoms with Crippen molar-refractivity contribution in [3.05, 3.63) is 60.1 Å². The number of carbonyl (C=O) groups excluding carboxylic acids is 1. The number of aromatic nitrogens is 4. The molecule has 0 unspecified atom stereocenters. The normalized spacial score (nSPS) is 17.3. The summed E-state index contributed by atoms with van der Waals surface area (Å²) in [5.41, 5.74) is 3.17. The lowest BCUT2D eigenvalue weighted by Gasteiger charge is -2.33. The van der Waals surface area contributed by atoms with Gasteiger partial charge in [-0.1, -0.05) is 5.16 Å². The lowest BCUT2D eigenvalue weighted by molar-refractivity contribution is 0.0705. The molecular formula is C19H19N5O2. The van der Waals surface area contributed by atoms with E-state index in [1.165, 1.54) is 0 Å². The van der Waals surface area contributed by atoms with Crippen molar-refractivity contribution < 1.29 is 9.32 Å². The number of nitrogens with zero attached hydrogens (tertiary/aromatic N) is 5. The SMILES string of the molecule is Cc1cc(-c2cncnc2[C@H]2CCCN(C(=O)c3cccnc3)C2)on1. The van der Waals surface area contributed by atoms with E-state index in [2.05, 4.69) is 20.1 Å². The molecule has 4 heterocycles. The summed E-state index contributed by atoms with van der Waals surface area (Å²) in [4.78, 5) is 27.3. The first-order valence-corrected chi connectivity index (χ1v) is 8.65. The number of pyridine rings is 1. The molecule has 0 saturated carbocycles. The predicted molar refractivity (Wildman–Crippen MR) is 94.4 cm³/mol. The Balaban J connectivity index is 1.60. The van der Waals surface area contributed by atoms with Gasteiger partial charge in [-0.15, -0.1) is 0 Å². The number of aryl methyl sites for hydroxylation is 1. The van der Waals surface area contributed by atoms with E-state index < -0.39 is 0 Å². The first-order chi connectivity index (χ1) is 12.7. The van der Waals surface area contributed by atoms with Gasteiger partial charge in [-0.05, 0) is 31.9 Å². The maximum Gasteiger partial charge on any atom is 0.255 e. The van der Waals surface area contributed by atoms with Gasteiger partial charge in [0.1, 0.15) is 6.33 Å². The minimum Gasteiger partial charge on any atom is -0.356 e. The third-order valence-electron chi connectivity index (χ3n) is 4.64. The van der Waals surface area contributed by atoms with Gasteiger partial charge >= 0.3 is 0 Å². The second-order valence-electron chi connectivity index (χ2n) is 6.49. The second-order valence-corrected chi connectivity index (χ2v) is 6.49. The molecule has 0 N–H and O–H groups in total. The van der Waals surface area contributed by atoms with Crippen LogP contribution in [-0.2, 0) is 0 Å². The number of likely N-dealkylation sites (tertiary alicyclic amines) is 1. The van der Waals surface area contributed by atoms with Crippen LogP contribution in [0.4, 0.5) is 0 Å². The summed E-state index contributed by atoms with van der Waals surface area (Å²) in [6.45, 7) is 3.24. The van der Waals surface area contributed by atoms with Gasteiger partial charge < -0.3 is 9.42 Å². The molecule has 7 heteroatoms. The molecule has 26 heavy (non-hydrogen) atoms. The summed E-state index contributed by atoms with van der Waals surface area (Å²) in [6.07, 6.45) is 8.47. The number of hydrogen-bond donors (Lipinski definition) is 0. The van der Waals surface area contributed by atoms with Gasteiger partial charge in [-0.25, -0.2) is 9.97 Å². The van der Waals surface area contributed by atoms with Crippen LogP contribution in [0.1, 0.15) is 40.5 Å². The average molecular weight is 349 g/mol. The molecule has 0 bridgehead atoms. The van der Waals surface area contributed by atoms with Crippen LogP contribution in [0.3, 0.4) is 0 Å². The summed E-state index contributed by atoms with van der Waals surface area (Å²) in [5.74, 6) is 0.801. The Bertz CT molecular complexity index is 909. The highest BCUT2D eigenvalue weighted by molar-refractivity contribution is 5.94. The Hall–Kier alpha value is -3.09. The highest BCUT2D eigenvalue weighted by Gasteiger charge is 2.28. The summed E-state index contributed by atoms with van der Waals surface area (Å²) in [6, 6.07) is 5.46. The molecule has 7 nitrogen and oxygen atoms in total. The first kappa shape index (κ1) is 16.4. The molecule has 1 aliphatic heterocycles. The molecule has 4 rings (SSSR count). The van der Waals surface area contributed by atoms with Crippen LogP contribution in [0.5, 0.6) is 0 Å². The highest BCUT2D eigenvalue weighted by atomic mass is 16.5. The van der Waals surface area contributed by atoms with Crippen molar-refractivity contribution in [3.63, 3.8) is 0 Å². The largest absolute Gasteiger partial charge is 0.356 e. The smallest absolute Gasteiger partial charge is 0.255 e. The van der Waals surface area contributed by atoms with Crippen molar-refractivity contribution in [2.24, 2.45) is 0 Å². The molecule has 132 valence electrons. The predicted octanol–water partition coefficient (Wildman–Crippen LogP) is 2.85. The van der Waals surface area contributed by atoms with E-state index in [0.717, 1.165) is 36.3 Å². The zero-order chi connectivity index (χ0) is 17.9. The molecule has 0 aromatic carbocycles. The number of rotatable bonds is 3. The molecule has 3 aromatic rings. The minimum absolute atomic E-state index is 0.00826. The zero-order valence-corrected chi connectivity index (χ0v) is 14.5. The van der Waals surface area contributed by atoms with E-state index in [-0.39, 0.29) is 11.8 Å². The van der Waals surface area contributed by atoms with E-state index in [4.69, 9.17) is 4.52 Å². The Morgan fingerprint density at radius 3 is 3.00 bits per heavy atom. The van der Waals surface area contributed by atoms with Crippen molar-refractivity contribution >= 4 is 5.91 Å². The number of piperidine rings is 1. The summed E-state index contributed by atoms with van der Waals surface area (Å²) >= 11 is 0. The standard InChI is InChI=1S/C19H19N5O2/c1-13-8-17(26-23-13)16-10-21-12-22-18(16)15-5-3-7-24(11-15)19(25)14-4-2-6-20-9-14/h2,4,6,8-10,12,15H,3,5,7,11H2,1H3/t15-/m0/s1. The molecule has 1 fully saturated rings. The Labute approximate surface area is 151 Å². The van der Waals surface area contributed by atoms with Gasteiger partial charge in [-0.3, -0.25) is 9.78 Å². The maximum atomic E-state index is 12.8. The van der Waals surface area contributed by atoms with E-state index in [9.17, 15) is 4.79 Å². The monoisotopic (exact) mass is 349 g/mol. The van der Waals surface area contributed by atoms with E-state index in [1.54, 1.807) is 37.1 Å². The van der Waals surface area contributed by atoms with Crippen molar-refractivity contribution in [3.8, 4) is 11.3 Å². The van der Waals surface area contributed by atoms with Crippen molar-refractivity contribution in [1.82, 2.24) is 25.0 Å². The van der Waals surface area contributed by atoms with Crippen LogP contribution in [0.15, 0.2) is 47.6 Å². The molecular weight excluding hydrogens is 330 g/mol. The van der Waals surface area contributed by atoms with E-state index >= 15 is 0 Å². The lowest BCUT2D eigenvalue weighted by Crippen LogP contribution is -2.39. The fraction of sp³-hybridized carbons (Fsp3) is 0.316. The molecule has 1 atom stereocenters. The van der Waals surface area contributed by atoms with Gasteiger partial charge in [0.15, 0.2) is 5.76 Å². The van der Waals surface area contributed by atoms with Gasteiger partial charge in [0.05, 0.1) is 22.5 Å². The number of carbonyl (C=O) groups is 1. The van der Waals surface area contributed by atoms with E-state index in [0.29, 0.717) is 17.9 Å². The van der Waals surface area contributed by atoms with Gasteiger partial charge in [0.25, 0.3) is 5.91 Å². The third kappa shape index (κ3) is 3.20. The summed E-state index contributed by atoms with van der Waals surface area (Å²) < 4.78 is 5.41. The van der Waals surface area contributed by atoms with Crippen molar-refractivity contribution in [1.29, 1.82) is 0 Å². The average Bonchev–Trinajstić information content (AvgIpc) is 3.14. The maximum absolute atomic E-state index is 12.8. The van der Waals surface area contributed by atoms with Crippen LogP contribution in [0, 0.1) is 6.92 Å². The number of amides is 1. The lowest BCUT2D eigenvalue weighted by atomic mass is 9.91. The molecule has 0 spiro atoms. The minimum atomic E-state index is 0.00826.